The fraction of sp³-hybridized carbons (Fsp3) is 0.526. The lowest BCUT2D eigenvalue weighted by molar-refractivity contribution is -0.139. The van der Waals surface area contributed by atoms with Crippen molar-refractivity contribution in [3.8, 4) is 5.75 Å². The number of benzene rings is 1. The van der Waals surface area contributed by atoms with Gasteiger partial charge in [0.1, 0.15) is 11.8 Å². The molecule has 2 amide bonds. The van der Waals surface area contributed by atoms with Gasteiger partial charge in [-0.2, -0.15) is 0 Å². The summed E-state index contributed by atoms with van der Waals surface area (Å²) in [7, 11) is 0. The summed E-state index contributed by atoms with van der Waals surface area (Å²) >= 11 is 0. The van der Waals surface area contributed by atoms with Crippen LogP contribution in [-0.2, 0) is 14.4 Å². The third-order valence-electron chi connectivity index (χ3n) is 4.45. The van der Waals surface area contributed by atoms with Crippen LogP contribution >= 0.6 is 0 Å². The summed E-state index contributed by atoms with van der Waals surface area (Å²) in [4.78, 5) is 34.8. The van der Waals surface area contributed by atoms with Crippen molar-refractivity contribution in [1.82, 2.24) is 5.32 Å². The molecule has 0 spiro atoms. The van der Waals surface area contributed by atoms with Crippen LogP contribution in [0.5, 0.6) is 5.75 Å². The topological polar surface area (TPSA) is 105 Å². The summed E-state index contributed by atoms with van der Waals surface area (Å²) in [6.45, 7) is 1.23. The summed E-state index contributed by atoms with van der Waals surface area (Å²) in [5.41, 5.74) is 0.547. The Balaban J connectivity index is 1.76. The van der Waals surface area contributed by atoms with Gasteiger partial charge in [0.2, 0.25) is 11.8 Å². The van der Waals surface area contributed by atoms with E-state index in [-0.39, 0.29) is 11.8 Å². The van der Waals surface area contributed by atoms with Crippen molar-refractivity contribution in [2.75, 3.05) is 11.9 Å². The minimum Gasteiger partial charge on any atom is -0.482 e. The van der Waals surface area contributed by atoms with Crippen molar-refractivity contribution in [3.05, 3.63) is 24.3 Å². The average Bonchev–Trinajstić information content (AvgIpc) is 2.61. The van der Waals surface area contributed by atoms with Gasteiger partial charge in [0.05, 0.1) is 0 Å². The van der Waals surface area contributed by atoms with E-state index in [2.05, 4.69) is 10.6 Å². The molecule has 1 aromatic carbocycles. The zero-order valence-electron chi connectivity index (χ0n) is 15.0. The Bertz CT molecular complexity index is 623. The summed E-state index contributed by atoms with van der Waals surface area (Å²) in [6, 6.07) is 5.75. The Kier molecular flexibility index (Phi) is 7.44. The molecule has 1 aromatic rings. The number of carboxylic acid groups (broad SMARTS) is 1. The van der Waals surface area contributed by atoms with Crippen LogP contribution in [0.2, 0.25) is 0 Å². The van der Waals surface area contributed by atoms with E-state index in [4.69, 9.17) is 9.84 Å². The predicted molar refractivity (Wildman–Crippen MR) is 97.0 cm³/mol. The van der Waals surface area contributed by atoms with Gasteiger partial charge in [-0.1, -0.05) is 19.3 Å². The van der Waals surface area contributed by atoms with Crippen molar-refractivity contribution in [2.45, 2.75) is 51.5 Å². The van der Waals surface area contributed by atoms with E-state index in [0.29, 0.717) is 23.8 Å². The highest BCUT2D eigenvalue weighted by molar-refractivity contribution is 5.96. The van der Waals surface area contributed by atoms with E-state index >= 15 is 0 Å². The molecule has 3 N–H and O–H groups in total. The second-order valence-electron chi connectivity index (χ2n) is 6.69. The molecule has 1 atom stereocenters. The number of anilines is 1. The normalized spacial score (nSPS) is 15.7. The van der Waals surface area contributed by atoms with Crippen molar-refractivity contribution < 1.29 is 24.2 Å². The molecule has 1 saturated carbocycles. The van der Waals surface area contributed by atoms with Gasteiger partial charge in [0.15, 0.2) is 6.61 Å². The third-order valence-corrected chi connectivity index (χ3v) is 4.45. The van der Waals surface area contributed by atoms with E-state index in [0.717, 1.165) is 12.8 Å². The molecule has 7 heteroatoms. The van der Waals surface area contributed by atoms with Crippen LogP contribution in [0.25, 0.3) is 0 Å². The Hall–Kier alpha value is -2.57. The van der Waals surface area contributed by atoms with E-state index in [1.807, 2.05) is 0 Å². The average molecular weight is 362 g/mol. The van der Waals surface area contributed by atoms with Crippen molar-refractivity contribution in [3.63, 3.8) is 0 Å². The number of nitrogens with one attached hydrogen (secondary N) is 2. The molecule has 0 bridgehead atoms. The summed E-state index contributed by atoms with van der Waals surface area (Å²) in [5.74, 6) is -0.616. The van der Waals surface area contributed by atoms with Gasteiger partial charge in [0.25, 0.3) is 0 Å². The Morgan fingerprint density at radius 1 is 1.15 bits per heavy atom. The number of carbonyl (C=O) groups excluding carboxylic acids is 2. The van der Waals surface area contributed by atoms with Crippen LogP contribution in [0, 0.1) is 5.92 Å². The predicted octanol–water partition coefficient (Wildman–Crippen LogP) is 2.56. The highest BCUT2D eigenvalue weighted by Crippen LogP contribution is 2.26. The first-order valence-corrected chi connectivity index (χ1v) is 8.99. The number of ether oxygens (including phenoxy) is 1. The molecule has 0 radical (unpaired) electrons. The molecule has 1 fully saturated rings. The molecule has 1 aliphatic carbocycles. The smallest absolute Gasteiger partial charge is 0.341 e. The second-order valence-corrected chi connectivity index (χ2v) is 6.69. The number of amides is 2. The SMILES string of the molecule is CC(NC(=O)CC1CCCCC1)C(=O)Nc1ccc(OCC(=O)O)cc1. The van der Waals surface area contributed by atoms with Gasteiger partial charge in [-0.25, -0.2) is 4.79 Å². The zero-order chi connectivity index (χ0) is 18.9. The first-order valence-electron chi connectivity index (χ1n) is 8.99. The molecular weight excluding hydrogens is 336 g/mol. The molecule has 0 aliphatic heterocycles. The molecular formula is C19H26N2O5. The minimum atomic E-state index is -1.06. The van der Waals surface area contributed by atoms with Crippen molar-refractivity contribution >= 4 is 23.5 Å². The fourth-order valence-corrected chi connectivity index (χ4v) is 3.05. The van der Waals surface area contributed by atoms with Crippen LogP contribution < -0.4 is 15.4 Å². The molecule has 2 rings (SSSR count). The molecule has 1 aliphatic rings. The molecule has 1 unspecified atom stereocenters. The highest BCUT2D eigenvalue weighted by Gasteiger charge is 2.20. The highest BCUT2D eigenvalue weighted by atomic mass is 16.5. The standard InChI is InChI=1S/C19H26N2O5/c1-13(20-17(22)11-14-5-3-2-4-6-14)19(25)21-15-7-9-16(10-8-15)26-12-18(23)24/h7-10,13-14H,2-6,11-12H2,1H3,(H,20,22)(H,21,25)(H,23,24). The summed E-state index contributed by atoms with van der Waals surface area (Å²) in [6.07, 6.45) is 6.26. The van der Waals surface area contributed by atoms with Gasteiger partial charge >= 0.3 is 5.97 Å². The maximum absolute atomic E-state index is 12.2. The number of hydrogen-bond donors (Lipinski definition) is 3. The summed E-state index contributed by atoms with van der Waals surface area (Å²) < 4.78 is 5.03. The number of carbonyl (C=O) groups is 3. The summed E-state index contributed by atoms with van der Waals surface area (Å²) in [5, 5.41) is 14.0. The quantitative estimate of drug-likeness (QED) is 0.659. The van der Waals surface area contributed by atoms with E-state index in [1.54, 1.807) is 31.2 Å². The lowest BCUT2D eigenvalue weighted by Crippen LogP contribution is -2.42. The molecule has 0 heterocycles. The molecule has 0 saturated heterocycles. The van der Waals surface area contributed by atoms with E-state index in [1.165, 1.54) is 19.3 Å². The Morgan fingerprint density at radius 3 is 2.42 bits per heavy atom. The van der Waals surface area contributed by atoms with Crippen LogP contribution in [0.3, 0.4) is 0 Å². The van der Waals surface area contributed by atoms with Crippen LogP contribution in [-0.4, -0.2) is 35.5 Å². The van der Waals surface area contributed by atoms with Crippen LogP contribution in [0.4, 0.5) is 5.69 Å². The molecule has 142 valence electrons. The van der Waals surface area contributed by atoms with E-state index < -0.39 is 18.6 Å². The first kappa shape index (κ1) is 19.8. The fourth-order valence-electron chi connectivity index (χ4n) is 3.05. The third kappa shape index (κ3) is 6.74. The number of rotatable bonds is 8. The number of hydrogen-bond acceptors (Lipinski definition) is 4. The lowest BCUT2D eigenvalue weighted by atomic mass is 9.87. The minimum absolute atomic E-state index is 0.0861. The molecule has 0 aromatic heterocycles. The first-order chi connectivity index (χ1) is 12.4. The Morgan fingerprint density at radius 2 is 1.81 bits per heavy atom. The van der Waals surface area contributed by atoms with Gasteiger partial charge in [-0.15, -0.1) is 0 Å². The maximum atomic E-state index is 12.2. The van der Waals surface area contributed by atoms with Gasteiger partial charge in [-0.3, -0.25) is 9.59 Å². The van der Waals surface area contributed by atoms with E-state index in [9.17, 15) is 14.4 Å². The number of aliphatic carboxylic acids is 1. The zero-order valence-corrected chi connectivity index (χ0v) is 15.0. The monoisotopic (exact) mass is 362 g/mol. The van der Waals surface area contributed by atoms with Crippen LogP contribution in [0.15, 0.2) is 24.3 Å². The van der Waals surface area contributed by atoms with Crippen LogP contribution in [0.1, 0.15) is 45.4 Å². The molecule has 26 heavy (non-hydrogen) atoms. The van der Waals surface area contributed by atoms with Crippen molar-refractivity contribution in [1.29, 1.82) is 0 Å². The largest absolute Gasteiger partial charge is 0.482 e. The van der Waals surface area contributed by atoms with Crippen molar-refractivity contribution in [2.24, 2.45) is 5.92 Å². The molecule has 7 nitrogen and oxygen atoms in total. The van der Waals surface area contributed by atoms with Gasteiger partial charge < -0.3 is 20.5 Å². The number of carboxylic acids is 1. The second kappa shape index (κ2) is 9.79. The maximum Gasteiger partial charge on any atom is 0.341 e. The van der Waals surface area contributed by atoms with Gasteiger partial charge in [-0.05, 0) is 49.9 Å². The Labute approximate surface area is 153 Å². The van der Waals surface area contributed by atoms with Gasteiger partial charge in [0, 0.05) is 12.1 Å². The lowest BCUT2D eigenvalue weighted by Gasteiger charge is -2.22.